The molecule has 2 amide bonds. The van der Waals surface area contributed by atoms with Crippen molar-refractivity contribution in [2.45, 2.75) is 45.7 Å². The minimum absolute atomic E-state index is 0.192. The first kappa shape index (κ1) is 15.3. The molecule has 1 aliphatic carbocycles. The van der Waals surface area contributed by atoms with Crippen molar-refractivity contribution in [3.63, 3.8) is 0 Å². The van der Waals surface area contributed by atoms with E-state index in [9.17, 15) is 9.59 Å². The normalized spacial score (nSPS) is 25.3. The third-order valence-corrected chi connectivity index (χ3v) is 3.70. The Labute approximate surface area is 123 Å². The summed E-state index contributed by atoms with van der Waals surface area (Å²) >= 11 is 0. The van der Waals surface area contributed by atoms with Crippen LogP contribution in [0.5, 0.6) is 0 Å². The Morgan fingerprint density at radius 3 is 2.62 bits per heavy atom. The average Bonchev–Trinajstić information content (AvgIpc) is 2.73. The predicted molar refractivity (Wildman–Crippen MR) is 78.0 cm³/mol. The van der Waals surface area contributed by atoms with Crippen molar-refractivity contribution in [3.05, 3.63) is 12.4 Å². The molecule has 0 bridgehead atoms. The molecule has 0 aromatic carbocycles. The quantitative estimate of drug-likeness (QED) is 0.790. The van der Waals surface area contributed by atoms with Crippen LogP contribution < -0.4 is 10.6 Å². The molecule has 1 saturated carbocycles. The van der Waals surface area contributed by atoms with Crippen LogP contribution >= 0.6 is 0 Å². The third-order valence-electron chi connectivity index (χ3n) is 3.70. The lowest BCUT2D eigenvalue weighted by Crippen LogP contribution is -2.42. The number of anilines is 1. The van der Waals surface area contributed by atoms with Crippen LogP contribution in [-0.4, -0.2) is 32.9 Å². The number of nitrogens with one attached hydrogen (secondary N) is 2. The van der Waals surface area contributed by atoms with Gasteiger partial charge in [0.15, 0.2) is 0 Å². The first-order valence-corrected chi connectivity index (χ1v) is 7.24. The van der Waals surface area contributed by atoms with E-state index in [1.54, 1.807) is 0 Å². The molecular weight excluding hydrogens is 272 g/mol. The molecule has 2 unspecified atom stereocenters. The number of urea groups is 1. The number of rotatable bonds is 4. The van der Waals surface area contributed by atoms with Crippen LogP contribution in [0.4, 0.5) is 10.5 Å². The van der Waals surface area contributed by atoms with Gasteiger partial charge in [-0.15, -0.1) is 0 Å². The van der Waals surface area contributed by atoms with Crippen LogP contribution in [0, 0.1) is 11.8 Å². The van der Waals surface area contributed by atoms with Gasteiger partial charge in [-0.2, -0.15) is 5.10 Å². The van der Waals surface area contributed by atoms with Crippen molar-refractivity contribution in [1.82, 2.24) is 15.1 Å². The van der Waals surface area contributed by atoms with Gasteiger partial charge < -0.3 is 15.7 Å². The summed E-state index contributed by atoms with van der Waals surface area (Å²) in [6, 6.07) is -0.0750. The average molecular weight is 294 g/mol. The summed E-state index contributed by atoms with van der Waals surface area (Å²) in [5.41, 5.74) is 0.491. The van der Waals surface area contributed by atoms with E-state index in [1.807, 2.05) is 0 Å². The highest BCUT2D eigenvalue weighted by Gasteiger charge is 2.25. The van der Waals surface area contributed by atoms with E-state index < -0.39 is 5.97 Å². The number of aromatic nitrogens is 2. The lowest BCUT2D eigenvalue weighted by molar-refractivity contribution is -0.137. The van der Waals surface area contributed by atoms with Crippen molar-refractivity contribution < 1.29 is 14.7 Å². The molecule has 0 saturated heterocycles. The minimum atomic E-state index is -0.973. The molecule has 0 radical (unpaired) electrons. The minimum Gasteiger partial charge on any atom is -0.480 e. The molecule has 0 aliphatic heterocycles. The monoisotopic (exact) mass is 294 g/mol. The van der Waals surface area contributed by atoms with Gasteiger partial charge in [-0.05, 0) is 31.1 Å². The molecule has 21 heavy (non-hydrogen) atoms. The maximum atomic E-state index is 11.9. The summed E-state index contributed by atoms with van der Waals surface area (Å²) in [5, 5.41) is 18.2. The number of nitrogens with zero attached hydrogens (tertiary/aromatic N) is 2. The Hall–Kier alpha value is -2.05. The van der Waals surface area contributed by atoms with Crippen molar-refractivity contribution in [3.8, 4) is 0 Å². The van der Waals surface area contributed by atoms with Gasteiger partial charge in [0.1, 0.15) is 6.54 Å². The van der Waals surface area contributed by atoms with Gasteiger partial charge in [-0.1, -0.05) is 13.8 Å². The third kappa shape index (κ3) is 4.77. The Morgan fingerprint density at radius 1 is 1.33 bits per heavy atom. The molecule has 2 rings (SSSR count). The van der Waals surface area contributed by atoms with Crippen LogP contribution in [0.2, 0.25) is 0 Å². The van der Waals surface area contributed by atoms with Crippen LogP contribution in [0.1, 0.15) is 33.1 Å². The topological polar surface area (TPSA) is 96.3 Å². The Bertz CT molecular complexity index is 504. The van der Waals surface area contributed by atoms with E-state index in [1.165, 1.54) is 23.5 Å². The summed E-state index contributed by atoms with van der Waals surface area (Å²) in [6.07, 6.45) is 6.14. The van der Waals surface area contributed by atoms with E-state index >= 15 is 0 Å². The summed E-state index contributed by atoms with van der Waals surface area (Å²) in [4.78, 5) is 22.5. The highest BCUT2D eigenvalue weighted by atomic mass is 16.4. The van der Waals surface area contributed by atoms with Crippen molar-refractivity contribution in [2.75, 3.05) is 5.32 Å². The highest BCUT2D eigenvalue weighted by molar-refractivity contribution is 5.89. The number of carbonyl (C=O) groups excluding carboxylic acids is 1. The van der Waals surface area contributed by atoms with E-state index in [2.05, 4.69) is 29.6 Å². The lowest BCUT2D eigenvalue weighted by Gasteiger charge is -2.31. The van der Waals surface area contributed by atoms with Crippen molar-refractivity contribution in [1.29, 1.82) is 0 Å². The number of carboxylic acid groups (broad SMARTS) is 1. The van der Waals surface area contributed by atoms with Gasteiger partial charge in [0.2, 0.25) is 0 Å². The van der Waals surface area contributed by atoms with E-state index in [-0.39, 0.29) is 18.6 Å². The SMILES string of the molecule is CC1CC(C)CC(NC(=O)Nc2cnn(CC(=O)O)c2)C1. The highest BCUT2D eigenvalue weighted by Crippen LogP contribution is 2.28. The van der Waals surface area contributed by atoms with Crippen molar-refractivity contribution in [2.24, 2.45) is 11.8 Å². The van der Waals surface area contributed by atoms with Gasteiger partial charge in [0.25, 0.3) is 0 Å². The number of carboxylic acids is 1. The summed E-state index contributed by atoms with van der Waals surface area (Å²) in [5.74, 6) is 0.272. The first-order chi connectivity index (χ1) is 9.92. The van der Waals surface area contributed by atoms with Crippen LogP contribution in [0.15, 0.2) is 12.4 Å². The van der Waals surface area contributed by atoms with Crippen LogP contribution in [0.3, 0.4) is 0 Å². The van der Waals surface area contributed by atoms with E-state index in [0.717, 1.165) is 12.8 Å². The molecular formula is C14H22N4O3. The molecule has 7 heteroatoms. The molecule has 3 N–H and O–H groups in total. The Kier molecular flexibility index (Phi) is 4.82. The van der Waals surface area contributed by atoms with Crippen LogP contribution in [-0.2, 0) is 11.3 Å². The van der Waals surface area contributed by atoms with Crippen LogP contribution in [0.25, 0.3) is 0 Å². The van der Waals surface area contributed by atoms with Gasteiger partial charge in [-0.3, -0.25) is 9.48 Å². The molecule has 7 nitrogen and oxygen atoms in total. The number of hydrogen-bond acceptors (Lipinski definition) is 3. The Balaban J connectivity index is 1.84. The molecule has 1 aromatic heterocycles. The van der Waals surface area contributed by atoms with Crippen molar-refractivity contribution >= 4 is 17.7 Å². The smallest absolute Gasteiger partial charge is 0.325 e. The van der Waals surface area contributed by atoms with Gasteiger partial charge >= 0.3 is 12.0 Å². The second kappa shape index (κ2) is 6.60. The number of aliphatic carboxylic acids is 1. The second-order valence-corrected chi connectivity index (χ2v) is 6.03. The Morgan fingerprint density at radius 2 is 2.00 bits per heavy atom. The molecule has 1 heterocycles. The standard InChI is InChI=1S/C14H22N4O3/c1-9-3-10(2)5-11(4-9)16-14(21)17-12-6-15-18(7-12)8-13(19)20/h6-7,9-11H,3-5,8H2,1-2H3,(H,19,20)(H2,16,17,21). The fourth-order valence-electron chi connectivity index (χ4n) is 3.07. The molecule has 2 atom stereocenters. The lowest BCUT2D eigenvalue weighted by atomic mass is 9.80. The zero-order chi connectivity index (χ0) is 15.4. The summed E-state index contributed by atoms with van der Waals surface area (Å²) in [6.45, 7) is 4.19. The number of hydrogen-bond donors (Lipinski definition) is 3. The van der Waals surface area contributed by atoms with E-state index in [4.69, 9.17) is 5.11 Å². The van der Waals surface area contributed by atoms with Gasteiger partial charge in [-0.25, -0.2) is 4.79 Å². The number of carbonyl (C=O) groups is 2. The van der Waals surface area contributed by atoms with Gasteiger partial charge in [0, 0.05) is 12.2 Å². The predicted octanol–water partition coefficient (Wildman–Crippen LogP) is 1.91. The van der Waals surface area contributed by atoms with Gasteiger partial charge in [0.05, 0.1) is 11.9 Å². The first-order valence-electron chi connectivity index (χ1n) is 7.24. The summed E-state index contributed by atoms with van der Waals surface area (Å²) in [7, 11) is 0. The zero-order valence-electron chi connectivity index (χ0n) is 12.4. The molecule has 1 fully saturated rings. The molecule has 0 spiro atoms. The largest absolute Gasteiger partial charge is 0.480 e. The maximum Gasteiger partial charge on any atom is 0.325 e. The fraction of sp³-hybridized carbons (Fsp3) is 0.643. The second-order valence-electron chi connectivity index (χ2n) is 6.03. The van der Waals surface area contributed by atoms with E-state index in [0.29, 0.717) is 17.5 Å². The maximum absolute atomic E-state index is 11.9. The number of amides is 2. The molecule has 116 valence electrons. The zero-order valence-corrected chi connectivity index (χ0v) is 12.4. The fourth-order valence-corrected chi connectivity index (χ4v) is 3.07. The molecule has 1 aromatic rings. The summed E-state index contributed by atoms with van der Waals surface area (Å²) < 4.78 is 1.27. The molecule has 1 aliphatic rings.